The maximum Gasteiger partial charge on any atom is 0.256 e. The van der Waals surface area contributed by atoms with Crippen molar-refractivity contribution in [2.45, 2.75) is 20.8 Å². The Morgan fingerprint density at radius 3 is 2.35 bits per heavy atom. The van der Waals surface area contributed by atoms with E-state index in [9.17, 15) is 4.79 Å². The number of aromatic nitrogens is 2. The van der Waals surface area contributed by atoms with Crippen LogP contribution in [0, 0.1) is 20.8 Å². The van der Waals surface area contributed by atoms with Crippen LogP contribution in [-0.2, 0) is 7.05 Å². The van der Waals surface area contributed by atoms with Crippen molar-refractivity contribution < 1.29 is 9.53 Å². The Morgan fingerprint density at radius 1 is 1.30 bits per heavy atom. The summed E-state index contributed by atoms with van der Waals surface area (Å²) in [6.07, 6.45) is 0. The zero-order valence-corrected chi connectivity index (χ0v) is 13.4. The summed E-state index contributed by atoms with van der Waals surface area (Å²) in [7, 11) is 1.72. The fourth-order valence-corrected chi connectivity index (χ4v) is 2.34. The lowest BCUT2D eigenvalue weighted by molar-refractivity contribution is 0.0997. The van der Waals surface area contributed by atoms with E-state index in [-0.39, 0.29) is 0 Å². The van der Waals surface area contributed by atoms with Gasteiger partial charge in [-0.15, -0.1) is 0 Å². The summed E-state index contributed by atoms with van der Waals surface area (Å²) < 4.78 is 8.38. The maximum atomic E-state index is 11.5. The summed E-state index contributed by atoms with van der Waals surface area (Å²) >= 11 is 3.51. The molecule has 0 aliphatic heterocycles. The highest BCUT2D eigenvalue weighted by atomic mass is 79.9. The molecule has 106 valence electrons. The molecule has 2 N–H and O–H groups in total. The predicted molar refractivity (Wildman–Crippen MR) is 80.2 cm³/mol. The first-order valence-electron chi connectivity index (χ1n) is 6.09. The number of hydrogen-bond acceptors (Lipinski definition) is 3. The summed E-state index contributed by atoms with van der Waals surface area (Å²) in [6, 6.07) is 3.79. The van der Waals surface area contributed by atoms with Crippen LogP contribution in [0.1, 0.15) is 27.2 Å². The number of nitrogens with two attached hydrogens (primary N) is 1. The quantitative estimate of drug-likeness (QED) is 0.935. The van der Waals surface area contributed by atoms with Crippen LogP contribution in [0.15, 0.2) is 16.6 Å². The number of aryl methyl sites for hydroxylation is 4. The summed E-state index contributed by atoms with van der Waals surface area (Å²) in [4.78, 5) is 11.5. The average molecular weight is 338 g/mol. The van der Waals surface area contributed by atoms with E-state index in [1.54, 1.807) is 14.0 Å². The van der Waals surface area contributed by atoms with E-state index in [2.05, 4.69) is 21.0 Å². The molecule has 0 radical (unpaired) electrons. The van der Waals surface area contributed by atoms with Gasteiger partial charge in [-0.3, -0.25) is 4.79 Å². The van der Waals surface area contributed by atoms with Crippen LogP contribution in [0.3, 0.4) is 0 Å². The van der Waals surface area contributed by atoms with E-state index >= 15 is 0 Å². The van der Waals surface area contributed by atoms with Gasteiger partial charge in [-0.25, -0.2) is 4.68 Å². The average Bonchev–Trinajstić information content (AvgIpc) is 2.61. The molecule has 2 rings (SSSR count). The van der Waals surface area contributed by atoms with Crippen molar-refractivity contribution >= 4 is 21.8 Å². The third-order valence-corrected chi connectivity index (χ3v) is 4.29. The molecule has 2 aromatic rings. The van der Waals surface area contributed by atoms with Gasteiger partial charge in [0.25, 0.3) is 5.91 Å². The topological polar surface area (TPSA) is 70.1 Å². The lowest BCUT2D eigenvalue weighted by Gasteiger charge is -2.10. The van der Waals surface area contributed by atoms with Gasteiger partial charge in [0.05, 0.1) is 5.69 Å². The van der Waals surface area contributed by atoms with Crippen molar-refractivity contribution in [1.29, 1.82) is 0 Å². The van der Waals surface area contributed by atoms with E-state index in [0.29, 0.717) is 22.9 Å². The van der Waals surface area contributed by atoms with Crippen LogP contribution in [0.2, 0.25) is 0 Å². The molecule has 0 atom stereocenters. The highest BCUT2D eigenvalue weighted by Gasteiger charge is 2.20. The van der Waals surface area contributed by atoms with Gasteiger partial charge < -0.3 is 10.5 Å². The predicted octanol–water partition coefficient (Wildman–Crippen LogP) is 3.00. The largest absolute Gasteiger partial charge is 0.438 e. The third kappa shape index (κ3) is 2.56. The molecule has 6 heteroatoms. The third-order valence-electron chi connectivity index (χ3n) is 3.04. The van der Waals surface area contributed by atoms with Gasteiger partial charge in [-0.05, 0) is 44.0 Å². The Hall–Kier alpha value is -1.82. The number of benzene rings is 1. The van der Waals surface area contributed by atoms with Gasteiger partial charge >= 0.3 is 0 Å². The SMILES string of the molecule is Cc1cc(Oc2c(C(N)=O)c(C)nn2C)cc(C)c1Br. The smallest absolute Gasteiger partial charge is 0.256 e. The van der Waals surface area contributed by atoms with Crippen LogP contribution < -0.4 is 10.5 Å². The maximum absolute atomic E-state index is 11.5. The van der Waals surface area contributed by atoms with Crippen molar-refractivity contribution in [3.8, 4) is 11.6 Å². The minimum Gasteiger partial charge on any atom is -0.438 e. The zero-order valence-electron chi connectivity index (χ0n) is 11.8. The van der Waals surface area contributed by atoms with E-state index in [0.717, 1.165) is 15.6 Å². The molecule has 0 saturated heterocycles. The zero-order chi connectivity index (χ0) is 15.0. The van der Waals surface area contributed by atoms with Crippen molar-refractivity contribution in [3.05, 3.63) is 39.0 Å². The highest BCUT2D eigenvalue weighted by Crippen LogP contribution is 2.31. The second-order valence-corrected chi connectivity index (χ2v) is 5.52. The standard InChI is InChI=1S/C14H16BrN3O2/c1-7-5-10(6-8(2)12(7)15)20-14-11(13(16)19)9(3)17-18(14)4/h5-6H,1-4H3,(H2,16,19). The molecule has 1 heterocycles. The van der Waals surface area contributed by atoms with Crippen molar-refractivity contribution in [2.75, 3.05) is 0 Å². The van der Waals surface area contributed by atoms with Gasteiger partial charge in [-0.2, -0.15) is 5.10 Å². The van der Waals surface area contributed by atoms with Crippen molar-refractivity contribution in [2.24, 2.45) is 12.8 Å². The molecule has 0 fully saturated rings. The molecule has 0 aliphatic rings. The number of amides is 1. The minimum absolute atomic E-state index is 0.311. The first-order valence-corrected chi connectivity index (χ1v) is 6.88. The molecule has 0 aliphatic carbocycles. The van der Waals surface area contributed by atoms with Crippen molar-refractivity contribution in [1.82, 2.24) is 9.78 Å². The molecular formula is C14H16BrN3O2. The molecule has 1 aromatic heterocycles. The first kappa shape index (κ1) is 14.6. The van der Waals surface area contributed by atoms with Gasteiger partial charge in [0.2, 0.25) is 5.88 Å². The number of hydrogen-bond donors (Lipinski definition) is 1. The Labute approximate surface area is 125 Å². The van der Waals surface area contributed by atoms with E-state index in [1.165, 1.54) is 4.68 Å². The molecule has 0 saturated carbocycles. The number of ether oxygens (including phenoxy) is 1. The first-order chi connectivity index (χ1) is 9.31. The van der Waals surface area contributed by atoms with Crippen LogP contribution in [-0.4, -0.2) is 15.7 Å². The van der Waals surface area contributed by atoms with Crippen LogP contribution >= 0.6 is 15.9 Å². The minimum atomic E-state index is -0.545. The summed E-state index contributed by atoms with van der Waals surface area (Å²) in [5.74, 6) is 0.459. The second kappa shape index (κ2) is 5.28. The lowest BCUT2D eigenvalue weighted by atomic mass is 10.1. The van der Waals surface area contributed by atoms with Crippen LogP contribution in [0.5, 0.6) is 11.6 Å². The Morgan fingerprint density at radius 2 is 1.85 bits per heavy atom. The molecule has 0 bridgehead atoms. The summed E-state index contributed by atoms with van der Waals surface area (Å²) in [5, 5.41) is 4.17. The fraction of sp³-hybridized carbons (Fsp3) is 0.286. The molecule has 0 unspecified atom stereocenters. The molecular weight excluding hydrogens is 322 g/mol. The molecule has 0 spiro atoms. The second-order valence-electron chi connectivity index (χ2n) is 4.73. The van der Waals surface area contributed by atoms with Crippen molar-refractivity contribution in [3.63, 3.8) is 0 Å². The molecule has 1 amide bonds. The highest BCUT2D eigenvalue weighted by molar-refractivity contribution is 9.10. The number of carbonyl (C=O) groups is 1. The Kier molecular flexibility index (Phi) is 3.85. The van der Waals surface area contributed by atoms with E-state index in [1.807, 2.05) is 26.0 Å². The van der Waals surface area contributed by atoms with Crippen LogP contribution in [0.4, 0.5) is 0 Å². The van der Waals surface area contributed by atoms with Gasteiger partial charge in [-0.1, -0.05) is 15.9 Å². The monoisotopic (exact) mass is 337 g/mol. The van der Waals surface area contributed by atoms with Gasteiger partial charge in [0.1, 0.15) is 11.3 Å². The lowest BCUT2D eigenvalue weighted by Crippen LogP contribution is -2.13. The number of nitrogens with zero attached hydrogens (tertiary/aromatic N) is 2. The number of rotatable bonds is 3. The Bertz CT molecular complexity index is 669. The van der Waals surface area contributed by atoms with Gasteiger partial charge in [0, 0.05) is 11.5 Å². The Balaban J connectivity index is 2.48. The number of carbonyl (C=O) groups excluding carboxylic acids is 1. The van der Waals surface area contributed by atoms with E-state index < -0.39 is 5.91 Å². The number of primary amides is 1. The molecule has 20 heavy (non-hydrogen) atoms. The normalized spacial score (nSPS) is 10.7. The van der Waals surface area contributed by atoms with Crippen LogP contribution in [0.25, 0.3) is 0 Å². The summed E-state index contributed by atoms with van der Waals surface area (Å²) in [5.41, 5.74) is 8.36. The number of halogens is 1. The van der Waals surface area contributed by atoms with E-state index in [4.69, 9.17) is 10.5 Å². The molecule has 1 aromatic carbocycles. The van der Waals surface area contributed by atoms with Gasteiger partial charge in [0.15, 0.2) is 0 Å². The summed E-state index contributed by atoms with van der Waals surface area (Å²) in [6.45, 7) is 5.69. The fourth-order valence-electron chi connectivity index (χ4n) is 2.11. The molecule has 5 nitrogen and oxygen atoms in total.